The van der Waals surface area contributed by atoms with Crippen LogP contribution in [0, 0.1) is 15.5 Å². The maximum atomic E-state index is 13.5. The summed E-state index contributed by atoms with van der Waals surface area (Å²) in [7, 11) is 0. The lowest BCUT2D eigenvalue weighted by atomic mass is 9.93. The molecule has 1 aromatic carbocycles. The van der Waals surface area contributed by atoms with Gasteiger partial charge in [-0.05, 0) is 50.8 Å². The zero-order valence-corrected chi connectivity index (χ0v) is 16.5. The molecule has 1 saturated heterocycles. The van der Waals surface area contributed by atoms with Gasteiger partial charge < -0.3 is 20.5 Å². The molecule has 1 aromatic heterocycles. The first-order valence-electron chi connectivity index (χ1n) is 10.0. The number of hydrogen-bond donors (Lipinski definition) is 2. The minimum absolute atomic E-state index is 0.0952. The minimum atomic E-state index is -0.504. The highest BCUT2D eigenvalue weighted by Crippen LogP contribution is 2.56. The molecule has 29 heavy (non-hydrogen) atoms. The Morgan fingerprint density at radius 3 is 2.90 bits per heavy atom. The molecule has 1 saturated carbocycles. The molecule has 9 nitrogen and oxygen atoms in total. The Kier molecular flexibility index (Phi) is 4.99. The maximum Gasteiger partial charge on any atom is 0.270 e. The SMILES string of the molecule is CCn1ccnc1CN(C(=O)c1cc([N+](=O)[O-])ccc1N)C1CC12CCNCC2. The third-order valence-corrected chi connectivity index (χ3v) is 6.32. The van der Waals surface area contributed by atoms with Crippen molar-refractivity contribution in [3.63, 3.8) is 0 Å². The molecule has 2 aromatic rings. The fraction of sp³-hybridized carbons (Fsp3) is 0.500. The first kappa shape index (κ1) is 19.4. The van der Waals surface area contributed by atoms with Crippen molar-refractivity contribution in [3.05, 3.63) is 52.1 Å². The van der Waals surface area contributed by atoms with Crippen molar-refractivity contribution < 1.29 is 9.72 Å². The van der Waals surface area contributed by atoms with Crippen LogP contribution in [0.2, 0.25) is 0 Å². The summed E-state index contributed by atoms with van der Waals surface area (Å²) in [4.78, 5) is 30.5. The van der Waals surface area contributed by atoms with E-state index in [2.05, 4.69) is 10.3 Å². The first-order chi connectivity index (χ1) is 13.9. The van der Waals surface area contributed by atoms with E-state index in [4.69, 9.17) is 5.73 Å². The van der Waals surface area contributed by atoms with Crippen LogP contribution in [0.5, 0.6) is 0 Å². The Morgan fingerprint density at radius 1 is 1.45 bits per heavy atom. The first-order valence-corrected chi connectivity index (χ1v) is 10.0. The van der Waals surface area contributed by atoms with Crippen LogP contribution in [-0.2, 0) is 13.1 Å². The van der Waals surface area contributed by atoms with Crippen molar-refractivity contribution >= 4 is 17.3 Å². The molecule has 1 unspecified atom stereocenters. The summed E-state index contributed by atoms with van der Waals surface area (Å²) in [5.41, 5.74) is 6.48. The predicted molar refractivity (Wildman–Crippen MR) is 108 cm³/mol. The largest absolute Gasteiger partial charge is 0.398 e. The molecular weight excluding hydrogens is 372 g/mol. The van der Waals surface area contributed by atoms with Crippen molar-refractivity contribution in [3.8, 4) is 0 Å². The number of nitrogens with zero attached hydrogens (tertiary/aromatic N) is 4. The molecule has 2 heterocycles. The monoisotopic (exact) mass is 398 g/mol. The second-order valence-electron chi connectivity index (χ2n) is 7.92. The summed E-state index contributed by atoms with van der Waals surface area (Å²) in [5, 5.41) is 14.6. The van der Waals surface area contributed by atoms with Gasteiger partial charge in [0, 0.05) is 42.8 Å². The summed E-state index contributed by atoms with van der Waals surface area (Å²) in [5.74, 6) is 0.540. The number of nitrogens with one attached hydrogen (secondary N) is 1. The number of piperidine rings is 1. The molecular formula is C20H26N6O3. The highest BCUT2D eigenvalue weighted by Gasteiger charge is 2.58. The number of nitrogen functional groups attached to an aromatic ring is 1. The molecule has 0 radical (unpaired) electrons. The third-order valence-electron chi connectivity index (χ3n) is 6.32. The lowest BCUT2D eigenvalue weighted by Gasteiger charge is -2.30. The quantitative estimate of drug-likeness (QED) is 0.437. The van der Waals surface area contributed by atoms with Gasteiger partial charge in [-0.2, -0.15) is 0 Å². The van der Waals surface area contributed by atoms with Crippen LogP contribution in [0.25, 0.3) is 0 Å². The fourth-order valence-electron chi connectivity index (χ4n) is 4.48. The fourth-order valence-corrected chi connectivity index (χ4v) is 4.48. The molecule has 9 heteroatoms. The predicted octanol–water partition coefficient (Wildman–Crippen LogP) is 2.18. The van der Waals surface area contributed by atoms with Crippen molar-refractivity contribution in [1.82, 2.24) is 19.8 Å². The Morgan fingerprint density at radius 2 is 2.21 bits per heavy atom. The number of nitrogens with two attached hydrogens (primary N) is 1. The molecule has 3 N–H and O–H groups in total. The summed E-state index contributed by atoms with van der Waals surface area (Å²) in [6, 6.07) is 4.14. The van der Waals surface area contributed by atoms with Crippen molar-refractivity contribution in [2.24, 2.45) is 5.41 Å². The summed E-state index contributed by atoms with van der Waals surface area (Å²) < 4.78 is 2.01. The molecule has 2 aliphatic rings. The average molecular weight is 398 g/mol. The van der Waals surface area contributed by atoms with Gasteiger partial charge >= 0.3 is 0 Å². The van der Waals surface area contributed by atoms with E-state index < -0.39 is 4.92 Å². The van der Waals surface area contributed by atoms with E-state index >= 15 is 0 Å². The topological polar surface area (TPSA) is 119 Å². The van der Waals surface area contributed by atoms with Gasteiger partial charge in [0.2, 0.25) is 0 Å². The van der Waals surface area contributed by atoms with Gasteiger partial charge in [0.15, 0.2) is 0 Å². The number of non-ortho nitro benzene ring substituents is 1. The van der Waals surface area contributed by atoms with Gasteiger partial charge in [-0.15, -0.1) is 0 Å². The van der Waals surface area contributed by atoms with Gasteiger partial charge in [-0.3, -0.25) is 14.9 Å². The highest BCUT2D eigenvalue weighted by atomic mass is 16.6. The van der Waals surface area contributed by atoms with Crippen molar-refractivity contribution in [1.29, 1.82) is 0 Å². The number of amides is 1. The van der Waals surface area contributed by atoms with Gasteiger partial charge in [-0.25, -0.2) is 4.98 Å². The normalized spacial score (nSPS) is 19.8. The average Bonchev–Trinajstić information content (AvgIpc) is 3.19. The minimum Gasteiger partial charge on any atom is -0.398 e. The van der Waals surface area contributed by atoms with Gasteiger partial charge in [0.05, 0.1) is 17.0 Å². The molecule has 1 amide bonds. The number of rotatable bonds is 6. The van der Waals surface area contributed by atoms with E-state index in [1.165, 1.54) is 18.2 Å². The van der Waals surface area contributed by atoms with Gasteiger partial charge in [-0.1, -0.05) is 0 Å². The number of anilines is 1. The zero-order valence-electron chi connectivity index (χ0n) is 16.5. The van der Waals surface area contributed by atoms with Crippen LogP contribution in [-0.4, -0.2) is 44.4 Å². The van der Waals surface area contributed by atoms with E-state index in [-0.39, 0.29) is 34.3 Å². The second kappa shape index (κ2) is 7.47. The maximum absolute atomic E-state index is 13.5. The van der Waals surface area contributed by atoms with Gasteiger partial charge in [0.25, 0.3) is 11.6 Å². The number of aryl methyl sites for hydroxylation is 1. The Labute approximate surface area is 169 Å². The van der Waals surface area contributed by atoms with Crippen LogP contribution in [0.1, 0.15) is 42.4 Å². The highest BCUT2D eigenvalue weighted by molar-refractivity contribution is 6.00. The lowest BCUT2D eigenvalue weighted by molar-refractivity contribution is -0.384. The smallest absolute Gasteiger partial charge is 0.270 e. The number of nitro groups is 1. The van der Waals surface area contributed by atoms with Crippen molar-refractivity contribution in [2.45, 2.75) is 45.3 Å². The molecule has 1 atom stereocenters. The standard InChI is InChI=1S/C20H26N6O3/c1-2-24-10-9-23-18(24)13-25(17-12-20(17)5-7-22-8-6-20)19(27)15-11-14(26(28)29)3-4-16(15)21/h3-4,9-11,17,22H,2,5-8,12-13,21H2,1H3. The second-order valence-corrected chi connectivity index (χ2v) is 7.92. The number of carbonyl (C=O) groups is 1. The van der Waals surface area contributed by atoms with Crippen LogP contribution < -0.4 is 11.1 Å². The van der Waals surface area contributed by atoms with E-state index in [0.29, 0.717) is 6.54 Å². The number of imidazole rings is 1. The summed E-state index contributed by atoms with van der Waals surface area (Å²) in [6.45, 7) is 5.04. The molecule has 1 aliphatic carbocycles. The van der Waals surface area contributed by atoms with Crippen LogP contribution >= 0.6 is 0 Å². The Bertz CT molecular complexity index is 934. The van der Waals surface area contributed by atoms with E-state index in [1.807, 2.05) is 22.6 Å². The third kappa shape index (κ3) is 3.57. The number of benzene rings is 1. The summed E-state index contributed by atoms with van der Waals surface area (Å²) in [6.07, 6.45) is 6.62. The lowest BCUT2D eigenvalue weighted by Crippen LogP contribution is -2.40. The number of aromatic nitrogens is 2. The van der Waals surface area contributed by atoms with Crippen LogP contribution in [0.15, 0.2) is 30.6 Å². The Hall–Kier alpha value is -2.94. The van der Waals surface area contributed by atoms with Crippen molar-refractivity contribution in [2.75, 3.05) is 18.8 Å². The molecule has 2 fully saturated rings. The number of nitro benzene ring substituents is 1. The summed E-state index contributed by atoms with van der Waals surface area (Å²) >= 11 is 0. The molecule has 4 rings (SSSR count). The number of carbonyl (C=O) groups excluding carboxylic acids is 1. The van der Waals surface area contributed by atoms with Crippen LogP contribution in [0.4, 0.5) is 11.4 Å². The number of hydrogen-bond acceptors (Lipinski definition) is 6. The molecule has 154 valence electrons. The van der Waals surface area contributed by atoms with E-state index in [0.717, 1.165) is 44.7 Å². The van der Waals surface area contributed by atoms with Crippen LogP contribution in [0.3, 0.4) is 0 Å². The molecule has 0 bridgehead atoms. The van der Waals surface area contributed by atoms with Gasteiger partial charge in [0.1, 0.15) is 5.82 Å². The zero-order chi connectivity index (χ0) is 20.6. The van der Waals surface area contributed by atoms with E-state index in [9.17, 15) is 14.9 Å². The van der Waals surface area contributed by atoms with E-state index in [1.54, 1.807) is 6.20 Å². The molecule has 1 spiro atoms. The Balaban J connectivity index is 1.68. The molecule has 1 aliphatic heterocycles.